The van der Waals surface area contributed by atoms with Gasteiger partial charge in [-0.1, -0.05) is 18.5 Å². The van der Waals surface area contributed by atoms with Crippen molar-refractivity contribution in [1.29, 1.82) is 0 Å². The summed E-state index contributed by atoms with van der Waals surface area (Å²) in [5.74, 6) is 0.773. The third kappa shape index (κ3) is 4.71. The van der Waals surface area contributed by atoms with E-state index in [2.05, 4.69) is 6.92 Å². The smallest absolute Gasteiger partial charge is 0.224 e. The number of likely N-dealkylation sites (tertiary alicyclic amines) is 1. The van der Waals surface area contributed by atoms with Crippen molar-refractivity contribution < 1.29 is 9.59 Å². The lowest BCUT2D eigenvalue weighted by Crippen LogP contribution is -2.40. The molecule has 0 atom stereocenters. The van der Waals surface area contributed by atoms with Crippen LogP contribution >= 0.6 is 11.6 Å². The van der Waals surface area contributed by atoms with Gasteiger partial charge in [0.2, 0.25) is 11.8 Å². The van der Waals surface area contributed by atoms with Gasteiger partial charge in [0.25, 0.3) is 0 Å². The van der Waals surface area contributed by atoms with Crippen molar-refractivity contribution in [3.63, 3.8) is 0 Å². The van der Waals surface area contributed by atoms with Gasteiger partial charge >= 0.3 is 0 Å². The second-order valence-electron chi connectivity index (χ2n) is 6.41. The quantitative estimate of drug-likeness (QED) is 0.842. The first-order valence-corrected chi connectivity index (χ1v) is 8.58. The lowest BCUT2D eigenvalue weighted by Gasteiger charge is -2.31. The molecule has 0 aromatic heterocycles. The molecule has 1 aromatic rings. The average molecular weight is 337 g/mol. The Bertz CT molecular complexity index is 580. The second-order valence-corrected chi connectivity index (χ2v) is 6.85. The highest BCUT2D eigenvalue weighted by Gasteiger charge is 2.22. The van der Waals surface area contributed by atoms with E-state index in [1.165, 1.54) is 6.92 Å². The largest absolute Gasteiger partial charge is 0.343 e. The van der Waals surface area contributed by atoms with E-state index in [9.17, 15) is 9.59 Å². The van der Waals surface area contributed by atoms with Crippen molar-refractivity contribution in [3.05, 3.63) is 28.8 Å². The molecule has 5 heteroatoms. The minimum absolute atomic E-state index is 0.0597. The van der Waals surface area contributed by atoms with Crippen LogP contribution in [0.1, 0.15) is 38.7 Å². The van der Waals surface area contributed by atoms with E-state index in [1.807, 2.05) is 24.0 Å². The van der Waals surface area contributed by atoms with Crippen LogP contribution in [-0.4, -0.2) is 36.3 Å². The van der Waals surface area contributed by atoms with Crippen molar-refractivity contribution in [2.75, 3.05) is 24.5 Å². The molecule has 1 aliphatic heterocycles. The van der Waals surface area contributed by atoms with Gasteiger partial charge in [0.15, 0.2) is 0 Å². The number of hydrogen-bond donors (Lipinski definition) is 0. The maximum atomic E-state index is 12.4. The van der Waals surface area contributed by atoms with Gasteiger partial charge in [-0.15, -0.1) is 0 Å². The van der Waals surface area contributed by atoms with E-state index in [0.717, 1.165) is 37.2 Å². The lowest BCUT2D eigenvalue weighted by molar-refractivity contribution is -0.132. The van der Waals surface area contributed by atoms with Gasteiger partial charge in [0, 0.05) is 43.7 Å². The summed E-state index contributed by atoms with van der Waals surface area (Å²) in [7, 11) is 0. The highest BCUT2D eigenvalue weighted by atomic mass is 35.5. The van der Waals surface area contributed by atoms with Crippen LogP contribution in [0.4, 0.5) is 5.69 Å². The van der Waals surface area contributed by atoms with Crippen LogP contribution in [0.3, 0.4) is 0 Å². The van der Waals surface area contributed by atoms with E-state index in [4.69, 9.17) is 11.6 Å². The zero-order chi connectivity index (χ0) is 17.0. The standard InChI is InChI=1S/C18H25ClN2O2/c1-13-6-9-20(10-7-13)18(23)8-11-21(15(3)22)17-5-4-16(19)12-14(17)2/h4-5,12-13H,6-11H2,1-3H3. The molecule has 0 unspecified atom stereocenters. The number of piperidine rings is 1. The maximum absolute atomic E-state index is 12.4. The van der Waals surface area contributed by atoms with Crippen LogP contribution in [0.2, 0.25) is 5.02 Å². The summed E-state index contributed by atoms with van der Waals surface area (Å²) in [5, 5.41) is 0.647. The first-order valence-electron chi connectivity index (χ1n) is 8.20. The van der Waals surface area contributed by atoms with Gasteiger partial charge in [-0.2, -0.15) is 0 Å². The van der Waals surface area contributed by atoms with Crippen LogP contribution < -0.4 is 4.90 Å². The van der Waals surface area contributed by atoms with Gasteiger partial charge in [-0.3, -0.25) is 9.59 Å². The Labute approximate surface area is 143 Å². The highest BCUT2D eigenvalue weighted by Crippen LogP contribution is 2.24. The second kappa shape index (κ2) is 7.82. The van der Waals surface area contributed by atoms with Crippen LogP contribution in [0.5, 0.6) is 0 Å². The van der Waals surface area contributed by atoms with Crippen molar-refractivity contribution in [3.8, 4) is 0 Å². The zero-order valence-electron chi connectivity index (χ0n) is 14.1. The topological polar surface area (TPSA) is 40.6 Å². The summed E-state index contributed by atoms with van der Waals surface area (Å²) in [4.78, 5) is 27.9. The first kappa shape index (κ1) is 17.8. The molecule has 1 aliphatic rings. The van der Waals surface area contributed by atoms with Crippen molar-refractivity contribution in [2.45, 2.75) is 40.0 Å². The van der Waals surface area contributed by atoms with E-state index < -0.39 is 0 Å². The fourth-order valence-electron chi connectivity index (χ4n) is 2.99. The third-order valence-electron chi connectivity index (χ3n) is 4.52. The number of benzene rings is 1. The summed E-state index contributed by atoms with van der Waals surface area (Å²) in [6.07, 6.45) is 2.49. The normalized spacial score (nSPS) is 15.6. The number of hydrogen-bond acceptors (Lipinski definition) is 2. The van der Waals surface area contributed by atoms with E-state index in [-0.39, 0.29) is 11.8 Å². The van der Waals surface area contributed by atoms with Gasteiger partial charge in [0.05, 0.1) is 0 Å². The number of anilines is 1. The van der Waals surface area contributed by atoms with Crippen LogP contribution in [0.25, 0.3) is 0 Å². The number of amides is 2. The summed E-state index contributed by atoms with van der Waals surface area (Å²) < 4.78 is 0. The molecule has 126 valence electrons. The van der Waals surface area contributed by atoms with Gasteiger partial charge in [-0.05, 0) is 49.4 Å². The van der Waals surface area contributed by atoms with E-state index in [1.54, 1.807) is 11.0 Å². The van der Waals surface area contributed by atoms with Crippen LogP contribution in [0, 0.1) is 12.8 Å². The Balaban J connectivity index is 2.00. The zero-order valence-corrected chi connectivity index (χ0v) is 14.9. The molecule has 23 heavy (non-hydrogen) atoms. The molecule has 1 fully saturated rings. The third-order valence-corrected chi connectivity index (χ3v) is 4.75. The molecule has 0 N–H and O–H groups in total. The Hall–Kier alpha value is -1.55. The number of rotatable bonds is 4. The lowest BCUT2D eigenvalue weighted by atomic mass is 9.99. The predicted molar refractivity (Wildman–Crippen MR) is 93.8 cm³/mol. The summed E-state index contributed by atoms with van der Waals surface area (Å²) in [5.41, 5.74) is 1.76. The average Bonchev–Trinajstić information content (AvgIpc) is 2.49. The Kier molecular flexibility index (Phi) is 6.05. The molecule has 0 bridgehead atoms. The molecule has 0 radical (unpaired) electrons. The Morgan fingerprint density at radius 2 is 1.96 bits per heavy atom. The molecule has 4 nitrogen and oxygen atoms in total. The van der Waals surface area contributed by atoms with E-state index >= 15 is 0 Å². The molecule has 1 aromatic carbocycles. The number of carbonyl (C=O) groups excluding carboxylic acids is 2. The minimum atomic E-state index is -0.0597. The summed E-state index contributed by atoms with van der Waals surface area (Å²) >= 11 is 5.98. The molecule has 0 spiro atoms. The molecular weight excluding hydrogens is 312 g/mol. The number of carbonyl (C=O) groups is 2. The highest BCUT2D eigenvalue weighted by molar-refractivity contribution is 6.30. The van der Waals surface area contributed by atoms with Crippen molar-refractivity contribution >= 4 is 29.1 Å². The van der Waals surface area contributed by atoms with Gasteiger partial charge < -0.3 is 9.80 Å². The molecule has 2 rings (SSSR count). The summed E-state index contributed by atoms with van der Waals surface area (Å²) in [6.45, 7) is 7.75. The summed E-state index contributed by atoms with van der Waals surface area (Å²) in [6, 6.07) is 5.44. The predicted octanol–water partition coefficient (Wildman–Crippen LogP) is 3.65. The van der Waals surface area contributed by atoms with Crippen LogP contribution in [0.15, 0.2) is 18.2 Å². The number of nitrogens with zero attached hydrogens (tertiary/aromatic N) is 2. The molecular formula is C18H25ClN2O2. The molecule has 2 amide bonds. The van der Waals surface area contributed by atoms with Gasteiger partial charge in [-0.25, -0.2) is 0 Å². The number of aryl methyl sites for hydroxylation is 1. The first-order chi connectivity index (χ1) is 10.9. The molecule has 1 heterocycles. The minimum Gasteiger partial charge on any atom is -0.343 e. The fourth-order valence-corrected chi connectivity index (χ4v) is 3.22. The monoisotopic (exact) mass is 336 g/mol. The Morgan fingerprint density at radius 3 is 2.52 bits per heavy atom. The maximum Gasteiger partial charge on any atom is 0.224 e. The van der Waals surface area contributed by atoms with Crippen LogP contribution in [-0.2, 0) is 9.59 Å². The Morgan fingerprint density at radius 1 is 1.30 bits per heavy atom. The van der Waals surface area contributed by atoms with Gasteiger partial charge in [0.1, 0.15) is 0 Å². The van der Waals surface area contributed by atoms with Crippen molar-refractivity contribution in [1.82, 2.24) is 4.90 Å². The molecule has 0 saturated carbocycles. The SMILES string of the molecule is CC(=O)N(CCC(=O)N1CCC(C)CC1)c1ccc(Cl)cc1C. The van der Waals surface area contributed by atoms with Crippen molar-refractivity contribution in [2.24, 2.45) is 5.92 Å². The van der Waals surface area contributed by atoms with E-state index in [0.29, 0.717) is 23.9 Å². The fraction of sp³-hybridized carbons (Fsp3) is 0.556. The number of halogens is 1. The molecule has 1 saturated heterocycles. The molecule has 0 aliphatic carbocycles.